The normalized spacial score (nSPS) is 14.1. The SMILES string of the molecule is CC(=O)NCc1cc2cc(Cl)c(-c3ccc(C4CC4)nc3)cc2[nH]1. The number of aromatic nitrogens is 2. The van der Waals surface area contributed by atoms with Crippen LogP contribution in [-0.2, 0) is 11.3 Å². The molecule has 1 amide bonds. The van der Waals surface area contributed by atoms with E-state index in [0.717, 1.165) is 27.7 Å². The molecule has 0 atom stereocenters. The lowest BCUT2D eigenvalue weighted by molar-refractivity contribution is -0.119. The van der Waals surface area contributed by atoms with Crippen molar-refractivity contribution in [3.63, 3.8) is 0 Å². The average molecular weight is 340 g/mol. The van der Waals surface area contributed by atoms with Gasteiger partial charge in [0, 0.05) is 57.5 Å². The lowest BCUT2D eigenvalue weighted by atomic mass is 10.1. The summed E-state index contributed by atoms with van der Waals surface area (Å²) in [5.41, 5.74) is 5.11. The number of fused-ring (bicyclic) bond motifs is 1. The van der Waals surface area contributed by atoms with Gasteiger partial charge in [-0.3, -0.25) is 9.78 Å². The number of aromatic amines is 1. The number of H-pyrrole nitrogens is 1. The van der Waals surface area contributed by atoms with E-state index in [-0.39, 0.29) is 5.91 Å². The van der Waals surface area contributed by atoms with Gasteiger partial charge in [0.15, 0.2) is 0 Å². The molecule has 0 unspecified atom stereocenters. The van der Waals surface area contributed by atoms with Crippen molar-refractivity contribution in [3.8, 4) is 11.1 Å². The zero-order valence-corrected chi connectivity index (χ0v) is 14.2. The van der Waals surface area contributed by atoms with E-state index in [4.69, 9.17) is 11.6 Å². The van der Waals surface area contributed by atoms with E-state index in [1.54, 1.807) is 0 Å². The third kappa shape index (κ3) is 3.02. The monoisotopic (exact) mass is 339 g/mol. The minimum absolute atomic E-state index is 0.0470. The molecule has 1 saturated carbocycles. The largest absolute Gasteiger partial charge is 0.357 e. The molecule has 1 fully saturated rings. The van der Waals surface area contributed by atoms with Crippen molar-refractivity contribution in [3.05, 3.63) is 52.9 Å². The molecule has 0 saturated heterocycles. The van der Waals surface area contributed by atoms with Crippen LogP contribution in [-0.4, -0.2) is 15.9 Å². The minimum atomic E-state index is -0.0470. The standard InChI is InChI=1S/C19H18ClN3O/c1-11(24)21-10-15-6-14-7-17(20)16(8-19(14)23-15)13-4-5-18(22-9-13)12-2-3-12/h4-9,12,23H,2-3,10H2,1H3,(H,21,24). The van der Waals surface area contributed by atoms with Crippen LogP contribution in [0.15, 0.2) is 36.5 Å². The fourth-order valence-corrected chi connectivity index (χ4v) is 3.22. The number of nitrogens with one attached hydrogen (secondary N) is 2. The lowest BCUT2D eigenvalue weighted by Crippen LogP contribution is -2.18. The van der Waals surface area contributed by atoms with Gasteiger partial charge >= 0.3 is 0 Å². The summed E-state index contributed by atoms with van der Waals surface area (Å²) in [6, 6.07) is 10.2. The second kappa shape index (κ2) is 5.95. The first-order valence-electron chi connectivity index (χ1n) is 8.12. The molecule has 0 bridgehead atoms. The molecule has 1 aliphatic carbocycles. The molecule has 3 aromatic rings. The summed E-state index contributed by atoms with van der Waals surface area (Å²) in [5.74, 6) is 0.603. The molecule has 1 aromatic carbocycles. The molecule has 2 N–H and O–H groups in total. The number of carbonyl (C=O) groups is 1. The Balaban J connectivity index is 1.67. The van der Waals surface area contributed by atoms with E-state index < -0.39 is 0 Å². The predicted molar refractivity (Wildman–Crippen MR) is 96.0 cm³/mol. The Morgan fingerprint density at radius 3 is 2.83 bits per heavy atom. The molecule has 4 rings (SSSR count). The highest BCUT2D eigenvalue weighted by Gasteiger charge is 2.24. The maximum absolute atomic E-state index is 11.1. The number of amides is 1. The summed E-state index contributed by atoms with van der Waals surface area (Å²) in [6.45, 7) is 1.99. The van der Waals surface area contributed by atoms with Crippen LogP contribution in [0.5, 0.6) is 0 Å². The van der Waals surface area contributed by atoms with Crippen LogP contribution in [0.1, 0.15) is 37.1 Å². The molecular formula is C19H18ClN3O. The summed E-state index contributed by atoms with van der Waals surface area (Å²) >= 11 is 6.48. The first-order chi connectivity index (χ1) is 11.6. The van der Waals surface area contributed by atoms with Crippen molar-refractivity contribution in [2.24, 2.45) is 0 Å². The van der Waals surface area contributed by atoms with Crippen LogP contribution >= 0.6 is 11.6 Å². The van der Waals surface area contributed by atoms with Gasteiger partial charge in [0.1, 0.15) is 0 Å². The van der Waals surface area contributed by atoms with E-state index in [1.165, 1.54) is 25.5 Å². The molecule has 1 aliphatic rings. The zero-order chi connectivity index (χ0) is 16.7. The highest BCUT2D eigenvalue weighted by atomic mass is 35.5. The summed E-state index contributed by atoms with van der Waals surface area (Å²) in [7, 11) is 0. The van der Waals surface area contributed by atoms with Crippen molar-refractivity contribution in [2.45, 2.75) is 32.2 Å². The number of carbonyl (C=O) groups excluding carboxylic acids is 1. The van der Waals surface area contributed by atoms with Crippen LogP contribution in [0.25, 0.3) is 22.0 Å². The molecule has 5 heteroatoms. The van der Waals surface area contributed by atoms with Gasteiger partial charge in [-0.1, -0.05) is 17.7 Å². The van der Waals surface area contributed by atoms with Gasteiger partial charge in [-0.2, -0.15) is 0 Å². The van der Waals surface area contributed by atoms with Gasteiger partial charge in [0.2, 0.25) is 5.91 Å². The molecule has 122 valence electrons. The highest BCUT2D eigenvalue weighted by Crippen LogP contribution is 2.39. The number of halogens is 1. The fraction of sp³-hybridized carbons (Fsp3) is 0.263. The lowest BCUT2D eigenvalue weighted by Gasteiger charge is -2.06. The summed E-state index contributed by atoms with van der Waals surface area (Å²) in [5, 5.41) is 4.53. The summed E-state index contributed by atoms with van der Waals surface area (Å²) < 4.78 is 0. The summed E-state index contributed by atoms with van der Waals surface area (Å²) in [4.78, 5) is 19.0. The van der Waals surface area contributed by atoms with Crippen molar-refractivity contribution < 1.29 is 4.79 Å². The maximum Gasteiger partial charge on any atom is 0.217 e. The van der Waals surface area contributed by atoms with Gasteiger partial charge in [-0.05, 0) is 37.1 Å². The third-order valence-electron chi connectivity index (χ3n) is 4.38. The molecule has 4 nitrogen and oxygen atoms in total. The first-order valence-corrected chi connectivity index (χ1v) is 8.50. The van der Waals surface area contributed by atoms with Gasteiger partial charge < -0.3 is 10.3 Å². The molecule has 2 heterocycles. The van der Waals surface area contributed by atoms with Crippen molar-refractivity contribution >= 4 is 28.4 Å². The Kier molecular flexibility index (Phi) is 3.77. The molecule has 0 radical (unpaired) electrons. The molecule has 0 aliphatic heterocycles. The van der Waals surface area contributed by atoms with Gasteiger partial charge in [-0.15, -0.1) is 0 Å². The molecular weight excluding hydrogens is 322 g/mol. The van der Waals surface area contributed by atoms with Gasteiger partial charge in [0.25, 0.3) is 0 Å². The number of hydrogen-bond acceptors (Lipinski definition) is 2. The smallest absolute Gasteiger partial charge is 0.217 e. The summed E-state index contributed by atoms with van der Waals surface area (Å²) in [6.07, 6.45) is 4.40. The van der Waals surface area contributed by atoms with E-state index in [1.807, 2.05) is 24.4 Å². The molecule has 0 spiro atoms. The number of benzene rings is 1. The van der Waals surface area contributed by atoms with Gasteiger partial charge in [-0.25, -0.2) is 0 Å². The second-order valence-corrected chi connectivity index (χ2v) is 6.78. The van der Waals surface area contributed by atoms with E-state index >= 15 is 0 Å². The number of rotatable bonds is 4. The topological polar surface area (TPSA) is 57.8 Å². The predicted octanol–water partition coefficient (Wildman–Crippen LogP) is 4.40. The Bertz CT molecular complexity index is 910. The Morgan fingerprint density at radius 1 is 1.33 bits per heavy atom. The quantitative estimate of drug-likeness (QED) is 0.740. The van der Waals surface area contributed by atoms with Crippen molar-refractivity contribution in [1.29, 1.82) is 0 Å². The van der Waals surface area contributed by atoms with Crippen LogP contribution in [0.2, 0.25) is 5.02 Å². The van der Waals surface area contributed by atoms with Crippen molar-refractivity contribution in [1.82, 2.24) is 15.3 Å². The van der Waals surface area contributed by atoms with Crippen LogP contribution in [0.4, 0.5) is 0 Å². The van der Waals surface area contributed by atoms with Crippen LogP contribution < -0.4 is 5.32 Å². The highest BCUT2D eigenvalue weighted by molar-refractivity contribution is 6.34. The molecule has 24 heavy (non-hydrogen) atoms. The first kappa shape index (κ1) is 15.2. The number of pyridine rings is 1. The fourth-order valence-electron chi connectivity index (χ4n) is 2.93. The van der Waals surface area contributed by atoms with E-state index in [0.29, 0.717) is 17.5 Å². The number of nitrogens with zero attached hydrogens (tertiary/aromatic N) is 1. The second-order valence-electron chi connectivity index (χ2n) is 6.37. The van der Waals surface area contributed by atoms with E-state index in [9.17, 15) is 4.79 Å². The van der Waals surface area contributed by atoms with Gasteiger partial charge in [0.05, 0.1) is 6.54 Å². The minimum Gasteiger partial charge on any atom is -0.357 e. The Hall–Kier alpha value is -2.33. The number of hydrogen-bond donors (Lipinski definition) is 2. The zero-order valence-electron chi connectivity index (χ0n) is 13.4. The average Bonchev–Trinajstić information content (AvgIpc) is 3.33. The Labute approximate surface area is 145 Å². The van der Waals surface area contributed by atoms with Crippen molar-refractivity contribution in [2.75, 3.05) is 0 Å². The maximum atomic E-state index is 11.1. The molecule has 2 aromatic heterocycles. The van der Waals surface area contributed by atoms with Crippen LogP contribution in [0.3, 0.4) is 0 Å². The Morgan fingerprint density at radius 2 is 2.17 bits per heavy atom. The van der Waals surface area contributed by atoms with Crippen LogP contribution in [0, 0.1) is 0 Å². The van der Waals surface area contributed by atoms with E-state index in [2.05, 4.69) is 27.4 Å². The third-order valence-corrected chi connectivity index (χ3v) is 4.70.